The second-order valence-corrected chi connectivity index (χ2v) is 6.60. The van der Waals surface area contributed by atoms with Crippen molar-refractivity contribution in [1.29, 1.82) is 0 Å². The van der Waals surface area contributed by atoms with E-state index in [0.717, 1.165) is 12.0 Å². The molecule has 0 unspecified atom stereocenters. The molecule has 2 rings (SSSR count). The zero-order chi connectivity index (χ0) is 19.6. The van der Waals surface area contributed by atoms with Gasteiger partial charge in [0.05, 0.1) is 0 Å². The quantitative estimate of drug-likeness (QED) is 0.738. The molecule has 0 aliphatic carbocycles. The second-order valence-electron chi connectivity index (χ2n) is 6.60. The van der Waals surface area contributed by atoms with E-state index >= 15 is 0 Å². The van der Waals surface area contributed by atoms with Gasteiger partial charge < -0.3 is 15.0 Å². The minimum Gasteiger partial charge on any atom is -0.484 e. The topological polar surface area (TPSA) is 58.6 Å². The predicted octanol–water partition coefficient (Wildman–Crippen LogP) is 3.40. The van der Waals surface area contributed by atoms with Crippen molar-refractivity contribution in [2.45, 2.75) is 45.8 Å². The molecule has 2 aromatic carbocycles. The highest BCUT2D eigenvalue weighted by Crippen LogP contribution is 2.12. The van der Waals surface area contributed by atoms with Gasteiger partial charge in [0.25, 0.3) is 5.91 Å². The van der Waals surface area contributed by atoms with Crippen LogP contribution in [0, 0.1) is 0 Å². The van der Waals surface area contributed by atoms with E-state index in [1.54, 1.807) is 24.0 Å². The Bertz CT molecular complexity index is 719. The van der Waals surface area contributed by atoms with Gasteiger partial charge in [-0.05, 0) is 38.0 Å². The van der Waals surface area contributed by atoms with Crippen LogP contribution in [0.5, 0.6) is 5.75 Å². The van der Waals surface area contributed by atoms with E-state index in [1.165, 1.54) is 0 Å². The maximum Gasteiger partial charge on any atom is 0.261 e. The van der Waals surface area contributed by atoms with Crippen LogP contribution in [0.15, 0.2) is 60.7 Å². The summed E-state index contributed by atoms with van der Waals surface area (Å²) in [6, 6.07) is 18.3. The number of benzene rings is 2. The van der Waals surface area contributed by atoms with Crippen molar-refractivity contribution in [3.8, 4) is 5.75 Å². The maximum absolute atomic E-state index is 12.8. The third-order valence-electron chi connectivity index (χ3n) is 4.47. The molecular weight excluding hydrogens is 340 g/mol. The smallest absolute Gasteiger partial charge is 0.261 e. The lowest BCUT2D eigenvalue weighted by molar-refractivity contribution is -0.142. The lowest BCUT2D eigenvalue weighted by Crippen LogP contribution is -2.50. The molecular formula is C22H28N2O3. The monoisotopic (exact) mass is 368 g/mol. The number of nitrogens with zero attached hydrogens (tertiary/aromatic N) is 1. The van der Waals surface area contributed by atoms with Crippen molar-refractivity contribution >= 4 is 11.8 Å². The molecule has 144 valence electrons. The number of ether oxygens (including phenoxy) is 1. The summed E-state index contributed by atoms with van der Waals surface area (Å²) < 4.78 is 5.60. The van der Waals surface area contributed by atoms with Crippen molar-refractivity contribution in [3.63, 3.8) is 0 Å². The number of hydrogen-bond donors (Lipinski definition) is 1. The number of para-hydroxylation sites is 1. The maximum atomic E-state index is 12.8. The van der Waals surface area contributed by atoms with Gasteiger partial charge in [0.2, 0.25) is 5.91 Å². The minimum atomic E-state index is -0.592. The molecule has 0 aliphatic rings. The van der Waals surface area contributed by atoms with Gasteiger partial charge in [-0.15, -0.1) is 0 Å². The molecule has 0 aliphatic heterocycles. The van der Waals surface area contributed by atoms with E-state index < -0.39 is 6.04 Å². The Hall–Kier alpha value is -2.82. The predicted molar refractivity (Wildman–Crippen MR) is 106 cm³/mol. The van der Waals surface area contributed by atoms with E-state index in [1.807, 2.05) is 62.4 Å². The van der Waals surface area contributed by atoms with Gasteiger partial charge in [-0.2, -0.15) is 0 Å². The van der Waals surface area contributed by atoms with Crippen molar-refractivity contribution in [2.24, 2.45) is 0 Å². The number of hydrogen-bond acceptors (Lipinski definition) is 3. The summed E-state index contributed by atoms with van der Waals surface area (Å²) in [5, 5.41) is 2.95. The first-order valence-corrected chi connectivity index (χ1v) is 9.32. The standard InChI is InChI=1S/C22H28N2O3/c1-4-17(2)23-22(26)18(3)24(15-19-11-7-5-8-12-19)21(25)16-27-20-13-9-6-10-14-20/h5-14,17-18H,4,15-16H2,1-3H3,(H,23,26)/t17-,18+/m1/s1. The van der Waals surface area contributed by atoms with Crippen LogP contribution in [0.2, 0.25) is 0 Å². The van der Waals surface area contributed by atoms with Crippen molar-refractivity contribution in [3.05, 3.63) is 66.2 Å². The zero-order valence-corrected chi connectivity index (χ0v) is 16.2. The summed E-state index contributed by atoms with van der Waals surface area (Å²) >= 11 is 0. The van der Waals surface area contributed by atoms with Crippen LogP contribution in [-0.2, 0) is 16.1 Å². The SMILES string of the molecule is CC[C@@H](C)NC(=O)[C@H](C)N(Cc1ccccc1)C(=O)COc1ccccc1. The molecule has 1 N–H and O–H groups in total. The van der Waals surface area contributed by atoms with Crippen molar-refractivity contribution in [2.75, 3.05) is 6.61 Å². The zero-order valence-electron chi connectivity index (χ0n) is 16.2. The number of rotatable bonds is 9. The highest BCUT2D eigenvalue weighted by Gasteiger charge is 2.27. The van der Waals surface area contributed by atoms with Crippen LogP contribution < -0.4 is 10.1 Å². The third kappa shape index (κ3) is 6.44. The average Bonchev–Trinajstić information content (AvgIpc) is 2.71. The fourth-order valence-corrected chi connectivity index (χ4v) is 2.57. The van der Waals surface area contributed by atoms with E-state index in [-0.39, 0.29) is 24.5 Å². The summed E-state index contributed by atoms with van der Waals surface area (Å²) in [6.07, 6.45) is 0.836. The van der Waals surface area contributed by atoms with Gasteiger partial charge >= 0.3 is 0 Å². The lowest BCUT2D eigenvalue weighted by atomic mass is 10.1. The highest BCUT2D eigenvalue weighted by molar-refractivity contribution is 5.88. The van der Waals surface area contributed by atoms with Gasteiger partial charge in [0, 0.05) is 12.6 Å². The largest absolute Gasteiger partial charge is 0.484 e. The molecule has 0 aromatic heterocycles. The Morgan fingerprint density at radius 2 is 1.59 bits per heavy atom. The fraction of sp³-hybridized carbons (Fsp3) is 0.364. The highest BCUT2D eigenvalue weighted by atomic mass is 16.5. The molecule has 27 heavy (non-hydrogen) atoms. The van der Waals surface area contributed by atoms with Gasteiger partial charge in [-0.3, -0.25) is 9.59 Å². The molecule has 5 heteroatoms. The lowest BCUT2D eigenvalue weighted by Gasteiger charge is -2.29. The van der Waals surface area contributed by atoms with Gasteiger partial charge in [-0.25, -0.2) is 0 Å². The third-order valence-corrected chi connectivity index (χ3v) is 4.47. The number of amides is 2. The number of carbonyl (C=O) groups excluding carboxylic acids is 2. The molecule has 0 saturated carbocycles. The summed E-state index contributed by atoms with van der Waals surface area (Å²) in [7, 11) is 0. The molecule has 0 heterocycles. The van der Waals surface area contributed by atoms with Crippen molar-refractivity contribution in [1.82, 2.24) is 10.2 Å². The van der Waals surface area contributed by atoms with Gasteiger partial charge in [-0.1, -0.05) is 55.5 Å². The first-order valence-electron chi connectivity index (χ1n) is 9.32. The molecule has 2 aromatic rings. The molecule has 0 spiro atoms. The Kier molecular flexibility index (Phi) is 7.86. The van der Waals surface area contributed by atoms with E-state index in [2.05, 4.69) is 5.32 Å². The normalized spacial score (nSPS) is 12.7. The van der Waals surface area contributed by atoms with Crippen molar-refractivity contribution < 1.29 is 14.3 Å². The molecule has 0 saturated heterocycles. The van der Waals surface area contributed by atoms with Gasteiger partial charge in [0.1, 0.15) is 11.8 Å². The minimum absolute atomic E-state index is 0.0641. The number of nitrogens with one attached hydrogen (secondary N) is 1. The Morgan fingerprint density at radius 1 is 1.00 bits per heavy atom. The summed E-state index contributed by atoms with van der Waals surface area (Å²) in [5.41, 5.74) is 0.966. The molecule has 5 nitrogen and oxygen atoms in total. The first kappa shape index (κ1) is 20.5. The molecule has 0 fully saturated rings. The summed E-state index contributed by atoms with van der Waals surface area (Å²) in [5.74, 6) is 0.241. The van der Waals surface area contributed by atoms with Crippen LogP contribution in [0.3, 0.4) is 0 Å². The summed E-state index contributed by atoms with van der Waals surface area (Å²) in [6.45, 7) is 5.95. The van der Waals surface area contributed by atoms with E-state index in [9.17, 15) is 9.59 Å². The number of carbonyl (C=O) groups is 2. The molecule has 0 bridgehead atoms. The Labute approximate surface area is 161 Å². The molecule has 0 radical (unpaired) electrons. The average molecular weight is 368 g/mol. The van der Waals surface area contributed by atoms with Crippen LogP contribution in [0.25, 0.3) is 0 Å². The fourth-order valence-electron chi connectivity index (χ4n) is 2.57. The second kappa shape index (κ2) is 10.4. The first-order chi connectivity index (χ1) is 13.0. The van der Waals surface area contributed by atoms with Crippen LogP contribution >= 0.6 is 0 Å². The molecule has 2 atom stereocenters. The van der Waals surface area contributed by atoms with Gasteiger partial charge in [0.15, 0.2) is 6.61 Å². The summed E-state index contributed by atoms with van der Waals surface area (Å²) in [4.78, 5) is 27.0. The van der Waals surface area contributed by atoms with E-state index in [4.69, 9.17) is 4.74 Å². The van der Waals surface area contributed by atoms with Crippen LogP contribution in [-0.4, -0.2) is 35.4 Å². The van der Waals surface area contributed by atoms with Crippen LogP contribution in [0.4, 0.5) is 0 Å². The van der Waals surface area contributed by atoms with Crippen LogP contribution in [0.1, 0.15) is 32.8 Å². The Morgan fingerprint density at radius 3 is 2.19 bits per heavy atom. The van der Waals surface area contributed by atoms with E-state index in [0.29, 0.717) is 12.3 Å². The Balaban J connectivity index is 2.10. The molecule has 2 amide bonds.